The Balaban J connectivity index is 1.38. The fraction of sp³-hybridized carbons (Fsp3) is 0.0938. The second-order valence-electron chi connectivity index (χ2n) is 9.44. The molecule has 0 saturated heterocycles. The number of aromatic nitrogens is 2. The summed E-state index contributed by atoms with van der Waals surface area (Å²) < 4.78 is 19.7. The lowest BCUT2D eigenvalue weighted by molar-refractivity contribution is -0.384. The maximum Gasteiger partial charge on any atom is 0.282 e. The zero-order chi connectivity index (χ0) is 29.9. The van der Waals surface area contributed by atoms with Gasteiger partial charge in [0, 0.05) is 17.5 Å². The third kappa shape index (κ3) is 5.75. The van der Waals surface area contributed by atoms with Gasteiger partial charge in [0.25, 0.3) is 11.2 Å². The molecule has 0 spiro atoms. The summed E-state index contributed by atoms with van der Waals surface area (Å²) in [5, 5.41) is 17.0. The fourth-order valence-electron chi connectivity index (χ4n) is 4.59. The highest BCUT2D eigenvalue weighted by Gasteiger charge is 2.17. The van der Waals surface area contributed by atoms with Gasteiger partial charge in [-0.2, -0.15) is 9.78 Å². The van der Waals surface area contributed by atoms with Gasteiger partial charge in [0.1, 0.15) is 12.2 Å². The number of fused-ring (bicyclic) bond motifs is 2. The van der Waals surface area contributed by atoms with E-state index < -0.39 is 4.92 Å². The number of nitro benzene ring substituents is 1. The Bertz CT molecular complexity index is 2050. The third-order valence-corrected chi connectivity index (χ3v) is 7.15. The predicted octanol–water partition coefficient (Wildman–Crippen LogP) is 7.34. The highest BCUT2D eigenvalue weighted by atomic mass is 79.9. The summed E-state index contributed by atoms with van der Waals surface area (Å²) in [5.74, 6) is 1.53. The summed E-state index contributed by atoms with van der Waals surface area (Å²) in [6.45, 7) is 2.30. The molecule has 4 aromatic carbocycles. The monoisotopic (exact) mass is 638 g/mol. The van der Waals surface area contributed by atoms with Crippen molar-refractivity contribution >= 4 is 49.7 Å². The molecule has 2 heterocycles. The molecule has 0 unspecified atom stereocenters. The van der Waals surface area contributed by atoms with Crippen LogP contribution in [0.15, 0.2) is 110 Å². The average Bonchev–Trinajstić information content (AvgIpc) is 3.45. The molecule has 10 nitrogen and oxygen atoms in total. The first kappa shape index (κ1) is 27.9. The van der Waals surface area contributed by atoms with Crippen LogP contribution in [0.4, 0.5) is 5.69 Å². The normalized spacial score (nSPS) is 11.4. The van der Waals surface area contributed by atoms with Crippen LogP contribution in [-0.2, 0) is 6.61 Å². The van der Waals surface area contributed by atoms with Gasteiger partial charge in [-0.05, 0) is 70.4 Å². The van der Waals surface area contributed by atoms with Crippen LogP contribution in [0.3, 0.4) is 0 Å². The molecule has 0 aliphatic carbocycles. The number of non-ortho nitro benzene ring substituents is 1. The molecule has 0 amide bonds. The van der Waals surface area contributed by atoms with Gasteiger partial charge in [0.15, 0.2) is 17.3 Å². The molecule has 43 heavy (non-hydrogen) atoms. The van der Waals surface area contributed by atoms with Crippen molar-refractivity contribution < 1.29 is 18.8 Å². The minimum absolute atomic E-state index is 0.0165. The molecule has 0 bridgehead atoms. The number of benzene rings is 4. The van der Waals surface area contributed by atoms with Crippen molar-refractivity contribution in [2.75, 3.05) is 6.61 Å². The van der Waals surface area contributed by atoms with E-state index in [9.17, 15) is 14.9 Å². The molecule has 0 aliphatic rings. The van der Waals surface area contributed by atoms with Crippen molar-refractivity contribution in [1.82, 2.24) is 9.66 Å². The van der Waals surface area contributed by atoms with Gasteiger partial charge in [-0.3, -0.25) is 14.9 Å². The summed E-state index contributed by atoms with van der Waals surface area (Å²) in [6, 6.07) is 26.2. The lowest BCUT2D eigenvalue weighted by Crippen LogP contribution is -2.20. The zero-order valence-corrected chi connectivity index (χ0v) is 24.4. The van der Waals surface area contributed by atoms with Crippen molar-refractivity contribution in [3.63, 3.8) is 0 Å². The Hall–Kier alpha value is -5.29. The van der Waals surface area contributed by atoms with E-state index in [0.29, 0.717) is 56.0 Å². The smallest absolute Gasteiger partial charge is 0.282 e. The van der Waals surface area contributed by atoms with E-state index in [0.717, 1.165) is 5.39 Å². The second-order valence-corrected chi connectivity index (χ2v) is 10.3. The maximum absolute atomic E-state index is 13.6. The molecule has 214 valence electrons. The second kappa shape index (κ2) is 11.9. The number of para-hydroxylation sites is 2. The molecular formula is C32H23BrN4O6. The molecule has 6 aromatic rings. The maximum atomic E-state index is 13.6. The van der Waals surface area contributed by atoms with Crippen LogP contribution in [-0.4, -0.2) is 27.4 Å². The summed E-state index contributed by atoms with van der Waals surface area (Å²) in [7, 11) is 0. The summed E-state index contributed by atoms with van der Waals surface area (Å²) >= 11 is 3.55. The molecule has 0 saturated carbocycles. The third-order valence-electron chi connectivity index (χ3n) is 6.56. The van der Waals surface area contributed by atoms with E-state index in [-0.39, 0.29) is 23.7 Å². The topological polar surface area (TPSA) is 122 Å². The molecular weight excluding hydrogens is 616 g/mol. The Morgan fingerprint density at radius 3 is 2.65 bits per heavy atom. The Kier molecular flexibility index (Phi) is 7.71. The highest BCUT2D eigenvalue weighted by Crippen LogP contribution is 2.37. The number of ether oxygens (including phenoxy) is 2. The van der Waals surface area contributed by atoms with Crippen LogP contribution in [0.25, 0.3) is 33.5 Å². The zero-order valence-electron chi connectivity index (χ0n) is 22.8. The minimum atomic E-state index is -0.449. The minimum Gasteiger partial charge on any atom is -0.490 e. The standard InChI is InChI=1S/C32H23BrN4O6/c1-2-41-28-16-21(15-25(33)30(28)42-19-20-8-7-10-23(14-20)37(39)40)18-34-36-31(29-17-22-9-3-6-13-27(22)43-29)35-26-12-5-4-11-24(26)32(36)38/h3-18H,2,19H2,1H3. The number of halogens is 1. The van der Waals surface area contributed by atoms with Crippen LogP contribution in [0.2, 0.25) is 0 Å². The van der Waals surface area contributed by atoms with Crippen molar-refractivity contribution in [1.29, 1.82) is 0 Å². The molecule has 6 rings (SSSR count). The van der Waals surface area contributed by atoms with Crippen LogP contribution in [0.1, 0.15) is 18.1 Å². The van der Waals surface area contributed by atoms with Gasteiger partial charge in [0.2, 0.25) is 5.82 Å². The van der Waals surface area contributed by atoms with Gasteiger partial charge in [-0.15, -0.1) is 0 Å². The van der Waals surface area contributed by atoms with Gasteiger partial charge in [0.05, 0.1) is 33.1 Å². The Morgan fingerprint density at radius 2 is 1.84 bits per heavy atom. The number of hydrogen-bond acceptors (Lipinski definition) is 8. The van der Waals surface area contributed by atoms with Crippen molar-refractivity contribution in [3.8, 4) is 23.1 Å². The number of rotatable bonds is 9. The first-order valence-corrected chi connectivity index (χ1v) is 14.1. The Morgan fingerprint density at radius 1 is 1.02 bits per heavy atom. The SMILES string of the molecule is CCOc1cc(C=Nn2c(-c3cc4ccccc4o3)nc3ccccc3c2=O)cc(Br)c1OCc1cccc([N+](=O)[O-])c1. The van der Waals surface area contributed by atoms with Crippen LogP contribution in [0.5, 0.6) is 11.5 Å². The van der Waals surface area contributed by atoms with Crippen molar-refractivity contribution in [3.05, 3.63) is 127 Å². The summed E-state index contributed by atoms with van der Waals surface area (Å²) in [5.41, 5.74) is 2.09. The predicted molar refractivity (Wildman–Crippen MR) is 167 cm³/mol. The summed E-state index contributed by atoms with van der Waals surface area (Å²) in [4.78, 5) is 29.0. The van der Waals surface area contributed by atoms with Crippen LogP contribution >= 0.6 is 15.9 Å². The fourth-order valence-corrected chi connectivity index (χ4v) is 5.16. The molecule has 0 N–H and O–H groups in total. The van der Waals surface area contributed by atoms with E-state index in [2.05, 4.69) is 21.0 Å². The largest absolute Gasteiger partial charge is 0.490 e. The van der Waals surface area contributed by atoms with E-state index in [1.165, 1.54) is 23.0 Å². The molecule has 0 atom stereocenters. The van der Waals surface area contributed by atoms with Crippen LogP contribution < -0.4 is 15.0 Å². The first-order valence-electron chi connectivity index (χ1n) is 13.3. The lowest BCUT2D eigenvalue weighted by Gasteiger charge is -2.15. The van der Waals surface area contributed by atoms with E-state index in [1.54, 1.807) is 42.5 Å². The van der Waals surface area contributed by atoms with Crippen molar-refractivity contribution in [2.45, 2.75) is 13.5 Å². The van der Waals surface area contributed by atoms with Gasteiger partial charge in [-0.1, -0.05) is 42.5 Å². The average molecular weight is 639 g/mol. The highest BCUT2D eigenvalue weighted by molar-refractivity contribution is 9.10. The molecule has 2 aromatic heterocycles. The van der Waals surface area contributed by atoms with E-state index in [4.69, 9.17) is 18.9 Å². The van der Waals surface area contributed by atoms with Crippen LogP contribution in [0, 0.1) is 10.1 Å². The number of nitro groups is 1. The molecule has 0 radical (unpaired) electrons. The quantitative estimate of drug-likeness (QED) is 0.0922. The van der Waals surface area contributed by atoms with E-state index in [1.807, 2.05) is 43.3 Å². The number of hydrogen-bond donors (Lipinski definition) is 0. The van der Waals surface area contributed by atoms with Gasteiger partial charge >= 0.3 is 0 Å². The van der Waals surface area contributed by atoms with Gasteiger partial charge < -0.3 is 13.9 Å². The van der Waals surface area contributed by atoms with Crippen molar-refractivity contribution in [2.24, 2.45) is 5.10 Å². The Labute approximate surface area is 253 Å². The number of furan rings is 1. The number of nitrogens with zero attached hydrogens (tertiary/aromatic N) is 4. The summed E-state index contributed by atoms with van der Waals surface area (Å²) in [6.07, 6.45) is 1.53. The molecule has 0 fully saturated rings. The van der Waals surface area contributed by atoms with E-state index >= 15 is 0 Å². The molecule has 0 aliphatic heterocycles. The first-order chi connectivity index (χ1) is 20.9. The van der Waals surface area contributed by atoms with Gasteiger partial charge in [-0.25, -0.2) is 4.98 Å². The lowest BCUT2D eigenvalue weighted by atomic mass is 10.2. The molecule has 11 heteroatoms.